The van der Waals surface area contributed by atoms with Crippen LogP contribution in [0.3, 0.4) is 0 Å². The molecule has 0 bridgehead atoms. The molecule has 2 rings (SSSR count). The topological polar surface area (TPSA) is 41.1 Å². The zero-order chi connectivity index (χ0) is 15.1. The first-order chi connectivity index (χ1) is 10.2. The third-order valence-electron chi connectivity index (χ3n) is 3.35. The highest BCUT2D eigenvalue weighted by molar-refractivity contribution is 5.90. The Bertz CT molecular complexity index is 590. The first-order valence-corrected chi connectivity index (χ1v) is 7.36. The Labute approximate surface area is 126 Å². The van der Waals surface area contributed by atoms with Crippen molar-refractivity contribution in [1.82, 2.24) is 0 Å². The van der Waals surface area contributed by atoms with E-state index in [2.05, 4.69) is 36.6 Å². The third kappa shape index (κ3) is 4.95. The molecule has 0 heterocycles. The van der Waals surface area contributed by atoms with Gasteiger partial charge in [0.2, 0.25) is 5.91 Å². The molecular formula is C18H22N2O. The van der Waals surface area contributed by atoms with Crippen molar-refractivity contribution in [2.45, 2.75) is 26.7 Å². The van der Waals surface area contributed by atoms with E-state index in [1.807, 2.05) is 36.4 Å². The highest BCUT2D eigenvalue weighted by Gasteiger charge is 2.02. The highest BCUT2D eigenvalue weighted by Crippen LogP contribution is 2.11. The second-order valence-electron chi connectivity index (χ2n) is 5.14. The summed E-state index contributed by atoms with van der Waals surface area (Å²) < 4.78 is 0. The van der Waals surface area contributed by atoms with E-state index in [-0.39, 0.29) is 5.91 Å². The monoisotopic (exact) mass is 282 g/mol. The van der Waals surface area contributed by atoms with Crippen molar-refractivity contribution in [3.8, 4) is 0 Å². The van der Waals surface area contributed by atoms with Gasteiger partial charge in [-0.05, 0) is 48.7 Å². The summed E-state index contributed by atoms with van der Waals surface area (Å²) in [5, 5.41) is 6.17. The number of rotatable bonds is 6. The zero-order valence-corrected chi connectivity index (χ0v) is 12.6. The lowest BCUT2D eigenvalue weighted by Gasteiger charge is -2.08. The highest BCUT2D eigenvalue weighted by atomic mass is 16.1. The molecule has 3 nitrogen and oxygen atoms in total. The van der Waals surface area contributed by atoms with E-state index in [1.165, 1.54) is 11.1 Å². The molecule has 0 aromatic heterocycles. The lowest BCUT2D eigenvalue weighted by atomic mass is 10.1. The molecule has 0 aliphatic carbocycles. The summed E-state index contributed by atoms with van der Waals surface area (Å²) in [4.78, 5) is 11.9. The Morgan fingerprint density at radius 1 is 1.05 bits per heavy atom. The molecular weight excluding hydrogens is 260 g/mol. The summed E-state index contributed by atoms with van der Waals surface area (Å²) >= 11 is 0. The molecule has 2 aromatic carbocycles. The summed E-state index contributed by atoms with van der Waals surface area (Å²) in [6.07, 6.45) is 1.46. The average molecular weight is 282 g/mol. The molecule has 1 amide bonds. The van der Waals surface area contributed by atoms with Crippen LogP contribution in [0, 0.1) is 6.92 Å². The van der Waals surface area contributed by atoms with Crippen LogP contribution in [0.2, 0.25) is 0 Å². The number of amides is 1. The predicted molar refractivity (Wildman–Crippen MR) is 88.7 cm³/mol. The number of carbonyl (C=O) groups excluding carboxylic acids is 1. The van der Waals surface area contributed by atoms with E-state index >= 15 is 0 Å². The van der Waals surface area contributed by atoms with Gasteiger partial charge in [0.05, 0.1) is 0 Å². The second kappa shape index (κ2) is 7.48. The molecule has 0 atom stereocenters. The number of carbonyl (C=O) groups is 1. The van der Waals surface area contributed by atoms with Gasteiger partial charge in [-0.2, -0.15) is 0 Å². The Hall–Kier alpha value is -2.29. The third-order valence-corrected chi connectivity index (χ3v) is 3.35. The van der Waals surface area contributed by atoms with Crippen molar-refractivity contribution in [3.63, 3.8) is 0 Å². The van der Waals surface area contributed by atoms with Crippen LogP contribution in [-0.2, 0) is 11.2 Å². The fourth-order valence-corrected chi connectivity index (χ4v) is 2.12. The van der Waals surface area contributed by atoms with Crippen LogP contribution < -0.4 is 10.6 Å². The van der Waals surface area contributed by atoms with Crippen LogP contribution in [0.4, 0.5) is 11.4 Å². The van der Waals surface area contributed by atoms with Gasteiger partial charge in [0, 0.05) is 24.3 Å². The van der Waals surface area contributed by atoms with Gasteiger partial charge in [0.15, 0.2) is 0 Å². The summed E-state index contributed by atoms with van der Waals surface area (Å²) in [6.45, 7) is 4.80. The van der Waals surface area contributed by atoms with Crippen LogP contribution in [-0.4, -0.2) is 12.5 Å². The molecule has 3 heteroatoms. The SMILES string of the molecule is CCc1ccc(NC(=O)CCNc2cccc(C)c2)cc1. The van der Waals surface area contributed by atoms with Gasteiger partial charge in [-0.1, -0.05) is 31.2 Å². The van der Waals surface area contributed by atoms with Crippen molar-refractivity contribution in [1.29, 1.82) is 0 Å². The Morgan fingerprint density at radius 2 is 1.81 bits per heavy atom. The van der Waals surface area contributed by atoms with Gasteiger partial charge >= 0.3 is 0 Å². The largest absolute Gasteiger partial charge is 0.385 e. The molecule has 0 saturated heterocycles. The Morgan fingerprint density at radius 3 is 2.48 bits per heavy atom. The number of benzene rings is 2. The fourth-order valence-electron chi connectivity index (χ4n) is 2.12. The second-order valence-corrected chi connectivity index (χ2v) is 5.14. The molecule has 2 aromatic rings. The van der Waals surface area contributed by atoms with Crippen LogP contribution >= 0.6 is 0 Å². The first kappa shape index (κ1) is 15.1. The summed E-state index contributed by atoms with van der Waals surface area (Å²) in [5.74, 6) is 0.0272. The van der Waals surface area contributed by atoms with E-state index in [0.29, 0.717) is 13.0 Å². The maximum absolute atomic E-state index is 11.9. The van der Waals surface area contributed by atoms with Crippen molar-refractivity contribution < 1.29 is 4.79 Å². The Balaban J connectivity index is 1.76. The summed E-state index contributed by atoms with van der Waals surface area (Å²) in [7, 11) is 0. The molecule has 0 saturated carbocycles. The van der Waals surface area contributed by atoms with E-state index in [4.69, 9.17) is 0 Å². The maximum atomic E-state index is 11.9. The zero-order valence-electron chi connectivity index (χ0n) is 12.6. The summed E-state index contributed by atoms with van der Waals surface area (Å²) in [5.41, 5.74) is 4.39. The normalized spacial score (nSPS) is 10.2. The van der Waals surface area contributed by atoms with E-state index in [9.17, 15) is 4.79 Å². The molecule has 0 unspecified atom stereocenters. The van der Waals surface area contributed by atoms with Gasteiger partial charge in [0.1, 0.15) is 0 Å². The quantitative estimate of drug-likeness (QED) is 0.841. The van der Waals surface area contributed by atoms with Crippen LogP contribution in [0.1, 0.15) is 24.5 Å². The van der Waals surface area contributed by atoms with Gasteiger partial charge in [-0.3, -0.25) is 4.79 Å². The smallest absolute Gasteiger partial charge is 0.226 e. The minimum Gasteiger partial charge on any atom is -0.385 e. The summed E-state index contributed by atoms with van der Waals surface area (Å²) in [6, 6.07) is 16.1. The van der Waals surface area contributed by atoms with E-state index in [1.54, 1.807) is 0 Å². The molecule has 21 heavy (non-hydrogen) atoms. The van der Waals surface area contributed by atoms with Crippen LogP contribution in [0.15, 0.2) is 48.5 Å². The van der Waals surface area contributed by atoms with Crippen molar-refractivity contribution in [3.05, 3.63) is 59.7 Å². The standard InChI is InChI=1S/C18H22N2O/c1-3-15-7-9-16(10-8-15)20-18(21)11-12-19-17-6-4-5-14(2)13-17/h4-10,13,19H,3,11-12H2,1-2H3,(H,20,21). The molecule has 0 fully saturated rings. The fraction of sp³-hybridized carbons (Fsp3) is 0.278. The molecule has 2 N–H and O–H groups in total. The molecule has 0 radical (unpaired) electrons. The molecule has 0 aliphatic rings. The molecule has 110 valence electrons. The minimum absolute atomic E-state index is 0.0272. The van der Waals surface area contributed by atoms with Crippen LogP contribution in [0.5, 0.6) is 0 Å². The predicted octanol–water partition coefficient (Wildman–Crippen LogP) is 4.00. The van der Waals surface area contributed by atoms with Gasteiger partial charge in [-0.15, -0.1) is 0 Å². The lowest BCUT2D eigenvalue weighted by Crippen LogP contribution is -2.16. The molecule has 0 aliphatic heterocycles. The maximum Gasteiger partial charge on any atom is 0.226 e. The number of anilines is 2. The van der Waals surface area contributed by atoms with Crippen molar-refractivity contribution >= 4 is 17.3 Å². The van der Waals surface area contributed by atoms with E-state index < -0.39 is 0 Å². The van der Waals surface area contributed by atoms with Crippen molar-refractivity contribution in [2.75, 3.05) is 17.2 Å². The number of nitrogens with one attached hydrogen (secondary N) is 2. The van der Waals surface area contributed by atoms with Gasteiger partial charge in [-0.25, -0.2) is 0 Å². The van der Waals surface area contributed by atoms with Gasteiger partial charge < -0.3 is 10.6 Å². The Kier molecular flexibility index (Phi) is 5.38. The van der Waals surface area contributed by atoms with Crippen molar-refractivity contribution in [2.24, 2.45) is 0 Å². The number of aryl methyl sites for hydroxylation is 2. The minimum atomic E-state index is 0.0272. The van der Waals surface area contributed by atoms with Crippen LogP contribution in [0.25, 0.3) is 0 Å². The number of hydrogen-bond donors (Lipinski definition) is 2. The molecule has 0 spiro atoms. The number of hydrogen-bond acceptors (Lipinski definition) is 2. The lowest BCUT2D eigenvalue weighted by molar-refractivity contribution is -0.115. The first-order valence-electron chi connectivity index (χ1n) is 7.36. The van der Waals surface area contributed by atoms with E-state index in [0.717, 1.165) is 17.8 Å². The van der Waals surface area contributed by atoms with Gasteiger partial charge in [0.25, 0.3) is 0 Å². The average Bonchev–Trinajstić information content (AvgIpc) is 2.48.